The van der Waals surface area contributed by atoms with Crippen LogP contribution >= 0.6 is 35.6 Å². The molecule has 26 heavy (non-hydrogen) atoms. The lowest BCUT2D eigenvalue weighted by atomic mass is 10.1. The minimum atomic E-state index is 0. The number of aryl methyl sites for hydroxylation is 1. The average molecular weight is 490 g/mol. The highest BCUT2D eigenvalue weighted by Gasteiger charge is 2.11. The number of nitrogens with two attached hydrogens (primary N) is 1. The topological polar surface area (TPSA) is 68.9 Å². The van der Waals surface area contributed by atoms with E-state index in [1.807, 2.05) is 31.2 Å². The van der Waals surface area contributed by atoms with Crippen LogP contribution in [-0.2, 0) is 13.0 Å². The Morgan fingerprint density at radius 2 is 1.96 bits per heavy atom. The van der Waals surface area contributed by atoms with Crippen LogP contribution in [0, 0.1) is 0 Å². The smallest absolute Gasteiger partial charge is 0.193 e. The van der Waals surface area contributed by atoms with E-state index in [1.165, 1.54) is 5.56 Å². The molecule has 0 fully saturated rings. The Labute approximate surface area is 177 Å². The Morgan fingerprint density at radius 3 is 2.62 bits per heavy atom. The second-order valence-corrected chi connectivity index (χ2v) is 5.83. The van der Waals surface area contributed by atoms with Crippen LogP contribution in [0.1, 0.15) is 25.0 Å². The van der Waals surface area contributed by atoms with Crippen LogP contribution < -0.4 is 20.5 Å². The van der Waals surface area contributed by atoms with Gasteiger partial charge in [-0.15, -0.1) is 24.0 Å². The third kappa shape index (κ3) is 6.25. The molecular formula is C19H25ClIN3O2. The third-order valence-corrected chi connectivity index (χ3v) is 3.90. The summed E-state index contributed by atoms with van der Waals surface area (Å²) < 4.78 is 10.9. The van der Waals surface area contributed by atoms with E-state index in [2.05, 4.69) is 29.4 Å². The second kappa shape index (κ2) is 11.1. The van der Waals surface area contributed by atoms with Gasteiger partial charge in [0.1, 0.15) is 0 Å². The van der Waals surface area contributed by atoms with Gasteiger partial charge in [-0.3, -0.25) is 0 Å². The summed E-state index contributed by atoms with van der Waals surface area (Å²) >= 11 is 6.27. The van der Waals surface area contributed by atoms with E-state index in [0.29, 0.717) is 35.6 Å². The maximum absolute atomic E-state index is 6.27. The van der Waals surface area contributed by atoms with Gasteiger partial charge in [-0.2, -0.15) is 0 Å². The van der Waals surface area contributed by atoms with E-state index in [-0.39, 0.29) is 24.0 Å². The van der Waals surface area contributed by atoms with Gasteiger partial charge in [-0.1, -0.05) is 30.7 Å². The van der Waals surface area contributed by atoms with Crippen molar-refractivity contribution in [2.45, 2.75) is 26.8 Å². The van der Waals surface area contributed by atoms with Crippen LogP contribution in [-0.4, -0.2) is 19.7 Å². The molecular weight excluding hydrogens is 465 g/mol. The van der Waals surface area contributed by atoms with E-state index >= 15 is 0 Å². The van der Waals surface area contributed by atoms with Gasteiger partial charge < -0.3 is 20.5 Å². The van der Waals surface area contributed by atoms with Gasteiger partial charge in [0.25, 0.3) is 0 Å². The molecule has 2 rings (SSSR count). The van der Waals surface area contributed by atoms with Crippen LogP contribution in [0.4, 0.5) is 5.69 Å². The van der Waals surface area contributed by atoms with Crippen molar-refractivity contribution in [1.29, 1.82) is 0 Å². The van der Waals surface area contributed by atoms with Gasteiger partial charge in [0.2, 0.25) is 0 Å². The van der Waals surface area contributed by atoms with Crippen LogP contribution in [0.25, 0.3) is 0 Å². The van der Waals surface area contributed by atoms with Crippen LogP contribution in [0.5, 0.6) is 11.5 Å². The molecule has 2 aromatic rings. The molecule has 3 N–H and O–H groups in total. The SMILES string of the molecule is CCOc1c(Cl)cc(CN=C(N)Nc2cccc(CC)c2)cc1OC.I. The number of ether oxygens (including phenoxy) is 2. The molecule has 0 saturated heterocycles. The number of anilines is 1. The molecule has 0 atom stereocenters. The molecule has 0 amide bonds. The van der Waals surface area contributed by atoms with E-state index in [0.717, 1.165) is 17.7 Å². The van der Waals surface area contributed by atoms with Crippen molar-refractivity contribution in [2.75, 3.05) is 19.0 Å². The van der Waals surface area contributed by atoms with Crippen molar-refractivity contribution in [3.05, 3.63) is 52.5 Å². The lowest BCUT2D eigenvalue weighted by Crippen LogP contribution is -2.22. The zero-order valence-electron chi connectivity index (χ0n) is 15.2. The fraction of sp³-hybridized carbons (Fsp3) is 0.316. The highest BCUT2D eigenvalue weighted by atomic mass is 127. The molecule has 0 bridgehead atoms. The van der Waals surface area contributed by atoms with Gasteiger partial charge >= 0.3 is 0 Å². The first-order chi connectivity index (χ1) is 12.1. The lowest BCUT2D eigenvalue weighted by Gasteiger charge is -2.12. The Bertz CT molecular complexity index is 754. The summed E-state index contributed by atoms with van der Waals surface area (Å²) in [6.07, 6.45) is 0.969. The minimum Gasteiger partial charge on any atom is -0.493 e. The van der Waals surface area contributed by atoms with Crippen LogP contribution in [0.3, 0.4) is 0 Å². The van der Waals surface area contributed by atoms with Gasteiger partial charge in [0, 0.05) is 5.69 Å². The number of nitrogens with one attached hydrogen (secondary N) is 1. The van der Waals surface area contributed by atoms with E-state index in [4.69, 9.17) is 26.8 Å². The zero-order chi connectivity index (χ0) is 18.2. The van der Waals surface area contributed by atoms with Crippen molar-refractivity contribution >= 4 is 47.2 Å². The Kier molecular flexibility index (Phi) is 9.58. The van der Waals surface area contributed by atoms with Gasteiger partial charge in [0.05, 0.1) is 25.3 Å². The van der Waals surface area contributed by atoms with Crippen molar-refractivity contribution in [3.8, 4) is 11.5 Å². The van der Waals surface area contributed by atoms with E-state index in [1.54, 1.807) is 7.11 Å². The molecule has 0 aliphatic carbocycles. The Hall–Kier alpha value is -1.67. The van der Waals surface area contributed by atoms with Crippen LogP contribution in [0.15, 0.2) is 41.4 Å². The number of aliphatic imine (C=N–C) groups is 1. The summed E-state index contributed by atoms with van der Waals surface area (Å²) in [5.74, 6) is 1.47. The van der Waals surface area contributed by atoms with Gasteiger partial charge in [-0.25, -0.2) is 4.99 Å². The second-order valence-electron chi connectivity index (χ2n) is 5.42. The summed E-state index contributed by atoms with van der Waals surface area (Å²) in [4.78, 5) is 4.37. The maximum Gasteiger partial charge on any atom is 0.193 e. The molecule has 7 heteroatoms. The first-order valence-electron chi connectivity index (χ1n) is 8.22. The van der Waals surface area contributed by atoms with Crippen molar-refractivity contribution in [3.63, 3.8) is 0 Å². The number of guanidine groups is 1. The predicted octanol–water partition coefficient (Wildman–Crippen LogP) is 4.85. The standard InChI is InChI=1S/C19H24ClN3O2.HI/c1-4-13-7-6-8-15(9-13)23-19(21)22-12-14-10-16(20)18(25-5-2)17(11-14)24-3;/h6-11H,4-5,12H2,1-3H3,(H3,21,22,23);1H. The number of rotatable bonds is 7. The number of halogens is 2. The number of hydrogen-bond acceptors (Lipinski definition) is 3. The largest absolute Gasteiger partial charge is 0.493 e. The molecule has 0 spiro atoms. The molecule has 0 saturated carbocycles. The fourth-order valence-corrected chi connectivity index (χ4v) is 2.67. The first kappa shape index (κ1) is 22.4. The number of benzene rings is 2. The Morgan fingerprint density at radius 1 is 1.19 bits per heavy atom. The van der Waals surface area contributed by atoms with E-state index in [9.17, 15) is 0 Å². The molecule has 0 aromatic heterocycles. The van der Waals surface area contributed by atoms with Crippen molar-refractivity contribution < 1.29 is 9.47 Å². The third-order valence-electron chi connectivity index (χ3n) is 3.62. The average Bonchev–Trinajstić information content (AvgIpc) is 2.62. The fourth-order valence-electron chi connectivity index (χ4n) is 2.38. The summed E-state index contributed by atoms with van der Waals surface area (Å²) in [5, 5.41) is 3.59. The highest BCUT2D eigenvalue weighted by molar-refractivity contribution is 14.0. The quantitative estimate of drug-likeness (QED) is 0.331. The van der Waals surface area contributed by atoms with Gasteiger partial charge in [-0.05, 0) is 48.7 Å². The summed E-state index contributed by atoms with van der Waals surface area (Å²) in [6, 6.07) is 11.7. The van der Waals surface area contributed by atoms with Crippen molar-refractivity contribution in [1.82, 2.24) is 0 Å². The molecule has 0 unspecified atom stereocenters. The van der Waals surface area contributed by atoms with E-state index < -0.39 is 0 Å². The summed E-state index contributed by atoms with van der Waals surface area (Å²) in [5.41, 5.74) is 9.02. The number of hydrogen-bond donors (Lipinski definition) is 2. The molecule has 0 aliphatic heterocycles. The predicted molar refractivity (Wildman–Crippen MR) is 119 cm³/mol. The lowest BCUT2D eigenvalue weighted by molar-refractivity contribution is 0.311. The molecule has 2 aromatic carbocycles. The molecule has 0 heterocycles. The number of nitrogens with zero attached hydrogens (tertiary/aromatic N) is 1. The molecule has 142 valence electrons. The van der Waals surface area contributed by atoms with Crippen molar-refractivity contribution in [2.24, 2.45) is 10.7 Å². The normalized spacial score (nSPS) is 10.8. The monoisotopic (exact) mass is 489 g/mol. The molecule has 5 nitrogen and oxygen atoms in total. The van der Waals surface area contributed by atoms with Crippen LogP contribution in [0.2, 0.25) is 5.02 Å². The highest BCUT2D eigenvalue weighted by Crippen LogP contribution is 2.36. The zero-order valence-corrected chi connectivity index (χ0v) is 18.3. The molecule has 0 aliphatic rings. The summed E-state index contributed by atoms with van der Waals surface area (Å²) in [7, 11) is 1.58. The Balaban J connectivity index is 0.00000338. The first-order valence-corrected chi connectivity index (χ1v) is 8.60. The molecule has 0 radical (unpaired) electrons. The minimum absolute atomic E-state index is 0. The van der Waals surface area contributed by atoms with Gasteiger partial charge in [0.15, 0.2) is 17.5 Å². The number of methoxy groups -OCH3 is 1. The maximum atomic E-state index is 6.27. The summed E-state index contributed by atoms with van der Waals surface area (Å²) in [6.45, 7) is 4.91.